The second-order valence-corrected chi connectivity index (χ2v) is 13.5. The Morgan fingerprint density at radius 2 is 1.89 bits per heavy atom. The molecule has 3 fully saturated rings. The predicted octanol–water partition coefficient (Wildman–Crippen LogP) is 3.01. The first-order chi connectivity index (χ1) is 13.3. The molecule has 3 aliphatic rings. The van der Waals surface area contributed by atoms with Crippen molar-refractivity contribution in [2.45, 2.75) is 63.7 Å². The number of sulfonamides is 1. The number of carbonyl (C=O) groups is 1. The Balaban J connectivity index is 1.52. The Kier molecular flexibility index (Phi) is 5.54. The van der Waals surface area contributed by atoms with Crippen molar-refractivity contribution in [1.82, 2.24) is 4.31 Å². The van der Waals surface area contributed by atoms with E-state index in [9.17, 15) is 13.2 Å². The first kappa shape index (κ1) is 20.6. The molecule has 2 saturated carbocycles. The Labute approximate surface area is 175 Å². The predicted molar refractivity (Wildman–Crippen MR) is 113 cm³/mol. The fourth-order valence-electron chi connectivity index (χ4n) is 5.72. The summed E-state index contributed by atoms with van der Waals surface area (Å²) in [6, 6.07) is 10.5. The summed E-state index contributed by atoms with van der Waals surface area (Å²) >= 11 is 0.274. The third-order valence-corrected chi connectivity index (χ3v) is 12.2. The first-order valence-corrected chi connectivity index (χ1v) is 14.1. The van der Waals surface area contributed by atoms with Crippen LogP contribution in [0.5, 0.6) is 0 Å². The average Bonchev–Trinajstić information content (AvgIpc) is 3.01. The number of hydrogen-bond acceptors (Lipinski definition) is 3. The molecule has 1 heterocycles. The van der Waals surface area contributed by atoms with Gasteiger partial charge in [0.1, 0.15) is 0 Å². The minimum atomic E-state index is -3.45. The number of nitrogens with zero attached hydrogens (tertiary/aromatic N) is 1. The van der Waals surface area contributed by atoms with E-state index in [1.807, 2.05) is 6.07 Å². The van der Waals surface area contributed by atoms with Crippen molar-refractivity contribution in [1.29, 1.82) is 0 Å². The molecular weight excluding hydrogens is 437 g/mol. The van der Waals surface area contributed by atoms with Crippen molar-refractivity contribution in [2.75, 3.05) is 12.3 Å². The van der Waals surface area contributed by atoms with Gasteiger partial charge >= 0.3 is 176 Å². The van der Waals surface area contributed by atoms with E-state index in [4.69, 9.17) is 0 Å². The maximum absolute atomic E-state index is 13.6. The van der Waals surface area contributed by atoms with E-state index in [0.29, 0.717) is 18.9 Å². The standard InChI is InChI=1S/C22H31NO3SSe/c1-21(2)17-11-12-22(21,20(24)14-17)16-27(25,26)23-13-7-6-8-18(23)15-28-19-9-4-3-5-10-19/h3-5,9-10,17-18H,6-8,11-16H2,1-2H3/t17-,18?,22-/m1/s1. The molecule has 1 unspecified atom stereocenters. The van der Waals surface area contributed by atoms with Crippen LogP contribution in [-0.2, 0) is 14.8 Å². The van der Waals surface area contributed by atoms with Gasteiger partial charge in [0.25, 0.3) is 0 Å². The molecule has 1 aliphatic heterocycles. The fourth-order valence-corrected chi connectivity index (χ4v) is 10.7. The minimum absolute atomic E-state index is 0.0250. The zero-order valence-electron chi connectivity index (χ0n) is 16.9. The molecule has 0 radical (unpaired) electrons. The van der Waals surface area contributed by atoms with E-state index in [2.05, 4.69) is 38.1 Å². The van der Waals surface area contributed by atoms with E-state index in [-0.39, 0.29) is 37.9 Å². The molecule has 0 spiro atoms. The molecule has 6 heteroatoms. The first-order valence-electron chi connectivity index (χ1n) is 10.5. The zero-order valence-corrected chi connectivity index (χ0v) is 19.4. The van der Waals surface area contributed by atoms with Gasteiger partial charge in [-0.1, -0.05) is 0 Å². The Hall–Kier alpha value is -0.681. The van der Waals surface area contributed by atoms with Crippen molar-refractivity contribution >= 4 is 35.2 Å². The molecule has 28 heavy (non-hydrogen) atoms. The van der Waals surface area contributed by atoms with Gasteiger partial charge in [-0.05, 0) is 0 Å². The van der Waals surface area contributed by atoms with E-state index < -0.39 is 15.4 Å². The number of hydrogen-bond donors (Lipinski definition) is 0. The molecular formula is C22H31NO3SSe. The van der Waals surface area contributed by atoms with Crippen LogP contribution < -0.4 is 4.46 Å². The summed E-state index contributed by atoms with van der Waals surface area (Å²) in [4.78, 5) is 12.8. The topological polar surface area (TPSA) is 54.5 Å². The molecule has 4 nitrogen and oxygen atoms in total. The van der Waals surface area contributed by atoms with Crippen LogP contribution in [0, 0.1) is 16.7 Å². The van der Waals surface area contributed by atoms with E-state index >= 15 is 0 Å². The molecule has 0 amide bonds. The zero-order chi connectivity index (χ0) is 20.0. The maximum atomic E-state index is 13.6. The van der Waals surface area contributed by atoms with E-state index in [1.54, 1.807) is 4.31 Å². The van der Waals surface area contributed by atoms with Crippen LogP contribution >= 0.6 is 0 Å². The summed E-state index contributed by atoms with van der Waals surface area (Å²) in [5, 5.41) is 0.920. The van der Waals surface area contributed by atoms with Gasteiger partial charge in [-0.25, -0.2) is 0 Å². The number of piperidine rings is 1. The molecule has 1 saturated heterocycles. The van der Waals surface area contributed by atoms with Gasteiger partial charge in [-0.15, -0.1) is 0 Å². The average molecular weight is 469 g/mol. The van der Waals surface area contributed by atoms with E-state index in [0.717, 1.165) is 37.4 Å². The van der Waals surface area contributed by atoms with Gasteiger partial charge in [0, 0.05) is 0 Å². The van der Waals surface area contributed by atoms with Crippen molar-refractivity contribution in [2.24, 2.45) is 16.7 Å². The van der Waals surface area contributed by atoms with Gasteiger partial charge in [0.05, 0.1) is 0 Å². The monoisotopic (exact) mass is 469 g/mol. The number of rotatable bonds is 6. The quantitative estimate of drug-likeness (QED) is 0.604. The summed E-state index contributed by atoms with van der Waals surface area (Å²) in [7, 11) is -3.45. The Morgan fingerprint density at radius 1 is 1.14 bits per heavy atom. The summed E-state index contributed by atoms with van der Waals surface area (Å²) in [5.74, 6) is 0.574. The number of fused-ring (bicyclic) bond motifs is 2. The molecule has 1 aromatic carbocycles. The summed E-state index contributed by atoms with van der Waals surface area (Å²) < 4.78 is 30.2. The van der Waals surface area contributed by atoms with Crippen molar-refractivity contribution in [3.63, 3.8) is 0 Å². The molecule has 0 N–H and O–H groups in total. The second-order valence-electron chi connectivity index (χ2n) is 9.31. The second kappa shape index (κ2) is 7.54. The Morgan fingerprint density at radius 3 is 2.54 bits per heavy atom. The fraction of sp³-hybridized carbons (Fsp3) is 0.682. The third kappa shape index (κ3) is 3.40. The van der Waals surface area contributed by atoms with Crippen molar-refractivity contribution in [3.05, 3.63) is 30.3 Å². The molecule has 4 rings (SSSR count). The van der Waals surface area contributed by atoms with Crippen LogP contribution in [0.3, 0.4) is 0 Å². The SMILES string of the molecule is CC1(C)[C@@H]2CC[C@@]1(CS(=O)(=O)N1CCCCC1C[Se]c1ccccc1)C(=O)C2. The molecule has 2 aliphatic carbocycles. The summed E-state index contributed by atoms with van der Waals surface area (Å²) in [6.07, 6.45) is 5.29. The molecule has 154 valence electrons. The molecule has 3 atom stereocenters. The van der Waals surface area contributed by atoms with Crippen molar-refractivity contribution in [3.8, 4) is 0 Å². The van der Waals surface area contributed by atoms with Crippen LogP contribution in [0.1, 0.15) is 52.4 Å². The van der Waals surface area contributed by atoms with E-state index in [1.165, 1.54) is 4.46 Å². The van der Waals surface area contributed by atoms with Crippen LogP contribution in [0.15, 0.2) is 30.3 Å². The van der Waals surface area contributed by atoms with Gasteiger partial charge in [-0.2, -0.15) is 0 Å². The van der Waals surface area contributed by atoms with Crippen LogP contribution in [0.25, 0.3) is 0 Å². The molecule has 1 aromatic rings. The molecule has 0 aromatic heterocycles. The third-order valence-electron chi connectivity index (χ3n) is 7.68. The van der Waals surface area contributed by atoms with Gasteiger partial charge in [-0.3, -0.25) is 0 Å². The summed E-state index contributed by atoms with van der Waals surface area (Å²) in [5.41, 5.74) is -0.862. The van der Waals surface area contributed by atoms with Crippen molar-refractivity contribution < 1.29 is 13.2 Å². The molecule has 2 bridgehead atoms. The normalized spacial score (nSPS) is 32.7. The van der Waals surface area contributed by atoms with Gasteiger partial charge in [0.2, 0.25) is 0 Å². The van der Waals surface area contributed by atoms with Crippen LogP contribution in [0.2, 0.25) is 5.32 Å². The summed E-state index contributed by atoms with van der Waals surface area (Å²) in [6.45, 7) is 4.86. The van der Waals surface area contributed by atoms with Gasteiger partial charge < -0.3 is 0 Å². The number of benzene rings is 1. The van der Waals surface area contributed by atoms with Crippen LogP contribution in [-0.4, -0.2) is 51.8 Å². The Bertz CT molecular complexity index is 839. The number of Topliss-reactive ketones (excluding diaryl/α,β-unsaturated/α-hetero) is 1. The van der Waals surface area contributed by atoms with Gasteiger partial charge in [0.15, 0.2) is 0 Å². The number of ketones is 1. The number of carbonyl (C=O) groups excluding carboxylic acids is 1. The van der Waals surface area contributed by atoms with Crippen LogP contribution in [0.4, 0.5) is 0 Å².